The second-order valence-corrected chi connectivity index (χ2v) is 7.22. The van der Waals surface area contributed by atoms with Gasteiger partial charge in [-0.15, -0.1) is 6.58 Å². The first-order valence-electron chi connectivity index (χ1n) is 8.27. The van der Waals surface area contributed by atoms with Gasteiger partial charge in [0.1, 0.15) is 5.76 Å². The van der Waals surface area contributed by atoms with Crippen LogP contribution >= 0.6 is 0 Å². The second kappa shape index (κ2) is 4.81. The highest BCUT2D eigenvalue weighted by Crippen LogP contribution is 2.56. The number of allylic oxidation sites excluding steroid dienone is 1. The summed E-state index contributed by atoms with van der Waals surface area (Å²) in [6.45, 7) is 9.94. The van der Waals surface area contributed by atoms with E-state index in [2.05, 4.69) is 18.7 Å². The van der Waals surface area contributed by atoms with Crippen molar-refractivity contribution in [3.63, 3.8) is 0 Å². The van der Waals surface area contributed by atoms with Gasteiger partial charge in [-0.1, -0.05) is 23.8 Å². The Bertz CT molecular complexity index is 735. The van der Waals surface area contributed by atoms with Gasteiger partial charge in [-0.25, -0.2) is 0 Å². The van der Waals surface area contributed by atoms with Crippen LogP contribution in [-0.2, 0) is 9.53 Å². The molecule has 2 aliphatic heterocycles. The van der Waals surface area contributed by atoms with Crippen LogP contribution in [0, 0.1) is 38.5 Å². The van der Waals surface area contributed by atoms with E-state index in [1.165, 1.54) is 5.56 Å². The van der Waals surface area contributed by atoms with Gasteiger partial charge < -0.3 is 9.84 Å². The number of hydrogen-bond donors (Lipinski definition) is 1. The molecule has 1 unspecified atom stereocenters. The third-order valence-corrected chi connectivity index (χ3v) is 5.75. The Morgan fingerprint density at radius 1 is 1.22 bits per heavy atom. The molecule has 4 rings (SSSR count). The van der Waals surface area contributed by atoms with Gasteiger partial charge >= 0.3 is 0 Å². The zero-order chi connectivity index (χ0) is 16.5. The zero-order valence-electron chi connectivity index (χ0n) is 13.8. The summed E-state index contributed by atoms with van der Waals surface area (Å²) in [6.07, 6.45) is 2.56. The summed E-state index contributed by atoms with van der Waals surface area (Å²) < 4.78 is 5.96. The number of carbonyl (C=O) groups is 1. The maximum absolute atomic E-state index is 13.0. The fourth-order valence-electron chi connectivity index (χ4n) is 4.95. The molecule has 3 heteroatoms. The van der Waals surface area contributed by atoms with Crippen molar-refractivity contribution >= 4 is 11.4 Å². The predicted molar refractivity (Wildman–Crippen MR) is 89.2 cm³/mol. The topological polar surface area (TPSA) is 46.5 Å². The summed E-state index contributed by atoms with van der Waals surface area (Å²) in [5.41, 5.74) is 4.70. The first-order chi connectivity index (χ1) is 10.9. The number of carbonyl (C=O) groups excluding carboxylic acids is 1. The Morgan fingerprint density at radius 3 is 2.48 bits per heavy atom. The highest BCUT2D eigenvalue weighted by Gasteiger charge is 2.61. The third kappa shape index (κ3) is 1.83. The predicted octanol–water partition coefficient (Wildman–Crippen LogP) is 3.67. The van der Waals surface area contributed by atoms with E-state index >= 15 is 0 Å². The smallest absolute Gasteiger partial charge is 0.173 e. The number of ketones is 1. The number of aliphatic hydroxyl groups is 1. The maximum atomic E-state index is 13.0. The molecule has 0 radical (unpaired) electrons. The number of aliphatic hydroxyl groups excluding tert-OH is 1. The molecule has 1 aliphatic carbocycles. The number of benzene rings is 1. The Kier molecular flexibility index (Phi) is 3.08. The van der Waals surface area contributed by atoms with Crippen molar-refractivity contribution in [2.24, 2.45) is 17.8 Å². The number of fused-ring (bicyclic) bond motifs is 5. The largest absolute Gasteiger partial charge is 0.511 e. The number of ether oxygens (including phenoxy) is 1. The highest BCUT2D eigenvalue weighted by atomic mass is 16.5. The highest BCUT2D eigenvalue weighted by molar-refractivity contribution is 6.26. The third-order valence-electron chi connectivity index (χ3n) is 5.75. The van der Waals surface area contributed by atoms with Crippen LogP contribution in [0.5, 0.6) is 0 Å². The average molecular weight is 310 g/mol. The molecule has 0 saturated carbocycles. The lowest BCUT2D eigenvalue weighted by Gasteiger charge is -2.25. The van der Waals surface area contributed by atoms with E-state index in [-0.39, 0.29) is 41.5 Å². The quantitative estimate of drug-likeness (QED) is 0.848. The van der Waals surface area contributed by atoms with Crippen LogP contribution in [0.25, 0.3) is 5.57 Å². The van der Waals surface area contributed by atoms with Gasteiger partial charge in [0.05, 0.1) is 29.6 Å². The molecule has 2 bridgehead atoms. The molecule has 23 heavy (non-hydrogen) atoms. The number of hydrogen-bond acceptors (Lipinski definition) is 3. The summed E-state index contributed by atoms with van der Waals surface area (Å²) in [7, 11) is 0. The summed E-state index contributed by atoms with van der Waals surface area (Å²) >= 11 is 0. The number of Topliss-reactive ketones (excluding diaryl/α,β-unsaturated/α-hetero) is 1. The molecule has 120 valence electrons. The van der Waals surface area contributed by atoms with Crippen LogP contribution in [0.15, 0.2) is 30.5 Å². The molecule has 3 nitrogen and oxygen atoms in total. The van der Waals surface area contributed by atoms with Gasteiger partial charge in [0, 0.05) is 5.92 Å². The van der Waals surface area contributed by atoms with Crippen molar-refractivity contribution < 1.29 is 14.6 Å². The summed E-state index contributed by atoms with van der Waals surface area (Å²) in [4.78, 5) is 13.0. The Hall–Kier alpha value is -1.87. The molecule has 0 amide bonds. The molecule has 3 aliphatic rings. The normalized spacial score (nSPS) is 35.1. The molecule has 2 saturated heterocycles. The van der Waals surface area contributed by atoms with Crippen LogP contribution in [0.3, 0.4) is 0 Å². The molecule has 2 heterocycles. The first kappa shape index (κ1) is 14.7. The molecular formula is C20H22O3. The summed E-state index contributed by atoms with van der Waals surface area (Å²) in [6, 6.07) is 4.14. The molecule has 0 aromatic heterocycles. The van der Waals surface area contributed by atoms with E-state index in [0.29, 0.717) is 5.57 Å². The average Bonchev–Trinajstić information content (AvgIpc) is 3.12. The molecular weight excluding hydrogens is 288 g/mol. The van der Waals surface area contributed by atoms with Crippen molar-refractivity contribution in [3.8, 4) is 0 Å². The Labute approximate surface area is 136 Å². The van der Waals surface area contributed by atoms with Crippen molar-refractivity contribution in [2.45, 2.75) is 39.4 Å². The van der Waals surface area contributed by atoms with E-state index in [1.54, 1.807) is 0 Å². The van der Waals surface area contributed by atoms with Crippen LogP contribution in [0.4, 0.5) is 0 Å². The minimum Gasteiger partial charge on any atom is -0.511 e. The minimum absolute atomic E-state index is 0.0533. The first-order valence-corrected chi connectivity index (χ1v) is 8.27. The number of aryl methyl sites for hydroxylation is 3. The lowest BCUT2D eigenvalue weighted by atomic mass is 9.75. The second-order valence-electron chi connectivity index (χ2n) is 7.22. The molecule has 0 spiro atoms. The zero-order valence-corrected chi connectivity index (χ0v) is 13.8. The summed E-state index contributed by atoms with van der Waals surface area (Å²) in [5.74, 6) is 0.105. The molecule has 1 aromatic rings. The lowest BCUT2D eigenvalue weighted by molar-refractivity contribution is -0.118. The molecule has 2 fully saturated rings. The van der Waals surface area contributed by atoms with Crippen molar-refractivity contribution in [3.05, 3.63) is 52.8 Å². The van der Waals surface area contributed by atoms with Crippen molar-refractivity contribution in [1.29, 1.82) is 0 Å². The van der Waals surface area contributed by atoms with Gasteiger partial charge in [0.25, 0.3) is 0 Å². The van der Waals surface area contributed by atoms with Crippen molar-refractivity contribution in [1.82, 2.24) is 0 Å². The summed E-state index contributed by atoms with van der Waals surface area (Å²) in [5, 5.41) is 10.9. The Morgan fingerprint density at radius 2 is 1.87 bits per heavy atom. The maximum Gasteiger partial charge on any atom is 0.173 e. The standard InChI is InChI=1S/C20H22O3/c1-5-12-8-13-15-17(20(12)23-13)19(22)16(18(15)21)14-10(3)6-9(2)7-11(14)4/h5-7,12-13,15,17,20,22H,1,8H2,2-4H3/t12?,13-,15-,17+,20+/m0/s1. The van der Waals surface area contributed by atoms with Crippen LogP contribution in [-0.4, -0.2) is 23.1 Å². The van der Waals surface area contributed by atoms with Crippen LogP contribution in [0.1, 0.15) is 28.7 Å². The van der Waals surface area contributed by atoms with Gasteiger partial charge in [-0.3, -0.25) is 4.79 Å². The van der Waals surface area contributed by atoms with Crippen LogP contribution in [0.2, 0.25) is 0 Å². The van der Waals surface area contributed by atoms with E-state index < -0.39 is 0 Å². The monoisotopic (exact) mass is 310 g/mol. The van der Waals surface area contributed by atoms with Gasteiger partial charge in [-0.05, 0) is 43.9 Å². The van der Waals surface area contributed by atoms with E-state index in [1.807, 2.05) is 26.8 Å². The van der Waals surface area contributed by atoms with E-state index in [0.717, 1.165) is 23.1 Å². The van der Waals surface area contributed by atoms with E-state index in [4.69, 9.17) is 4.74 Å². The molecule has 1 aromatic carbocycles. The van der Waals surface area contributed by atoms with Gasteiger partial charge in [0.2, 0.25) is 0 Å². The lowest BCUT2D eigenvalue weighted by Crippen LogP contribution is -2.33. The fraction of sp³-hybridized carbons (Fsp3) is 0.450. The fourth-order valence-corrected chi connectivity index (χ4v) is 4.95. The SMILES string of the molecule is C=CC1C[C@@H]2O[C@H]1[C@H]1C(O)=C(c3c(C)cc(C)cc3C)C(=O)[C@H]12. The van der Waals surface area contributed by atoms with E-state index in [9.17, 15) is 9.90 Å². The Balaban J connectivity index is 1.85. The number of rotatable bonds is 2. The molecule has 1 N–H and O–H groups in total. The van der Waals surface area contributed by atoms with Crippen LogP contribution < -0.4 is 0 Å². The van der Waals surface area contributed by atoms with Gasteiger partial charge in [0.15, 0.2) is 5.78 Å². The minimum atomic E-state index is -0.216. The van der Waals surface area contributed by atoms with Gasteiger partial charge in [-0.2, -0.15) is 0 Å². The molecule has 5 atom stereocenters. The van der Waals surface area contributed by atoms with Crippen molar-refractivity contribution in [2.75, 3.05) is 0 Å².